The van der Waals surface area contributed by atoms with E-state index in [4.69, 9.17) is 16.3 Å². The Balaban J connectivity index is 2.18. The molecule has 1 aromatic carbocycles. The van der Waals surface area contributed by atoms with Gasteiger partial charge in [-0.05, 0) is 30.7 Å². The van der Waals surface area contributed by atoms with Gasteiger partial charge in [0.15, 0.2) is 0 Å². The summed E-state index contributed by atoms with van der Waals surface area (Å²) in [4.78, 5) is 11.4. The molecule has 5 heteroatoms. The van der Waals surface area contributed by atoms with E-state index in [1.54, 1.807) is 23.9 Å². The second kappa shape index (κ2) is 5.69. The molecule has 0 N–H and O–H groups in total. The Morgan fingerprint density at radius 3 is 2.94 bits per heavy atom. The predicted molar refractivity (Wildman–Crippen MR) is 68.9 cm³/mol. The van der Waals surface area contributed by atoms with Gasteiger partial charge in [0.2, 0.25) is 0 Å². The normalized spacial score (nSPS) is 10.3. The number of carbonyl (C=O) groups excluding carboxylic acids is 1. The molecule has 0 saturated heterocycles. The molecule has 2 rings (SSSR count). The van der Waals surface area contributed by atoms with E-state index < -0.39 is 0 Å². The molecule has 0 radical (unpaired) electrons. The molecule has 0 saturated carbocycles. The van der Waals surface area contributed by atoms with Crippen LogP contribution in [-0.2, 0) is 16.0 Å². The number of carbonyl (C=O) groups is 1. The van der Waals surface area contributed by atoms with Crippen LogP contribution < -0.4 is 0 Å². The third kappa shape index (κ3) is 2.90. The molecule has 2 aromatic rings. The molecule has 0 fully saturated rings. The average Bonchev–Trinajstić information content (AvgIpc) is 2.82. The number of hydrogen-bond acceptors (Lipinski definition) is 3. The molecule has 0 spiro atoms. The first-order valence-electron chi connectivity index (χ1n) is 5.64. The summed E-state index contributed by atoms with van der Waals surface area (Å²) in [5, 5.41) is 4.66. The standard InChI is InChI=1S/C13H13ClN2O2/c1-2-18-13(17)9-10-4-5-12(11(14)8-10)16-7-3-6-15-16/h3-8H,2,9H2,1H3. The first-order chi connectivity index (χ1) is 8.70. The van der Waals surface area contributed by atoms with Crippen LogP contribution in [0.5, 0.6) is 0 Å². The number of nitrogens with zero attached hydrogens (tertiary/aromatic N) is 2. The van der Waals surface area contributed by atoms with Crippen molar-refractivity contribution in [1.29, 1.82) is 0 Å². The zero-order valence-corrected chi connectivity index (χ0v) is 10.7. The maximum absolute atomic E-state index is 11.4. The van der Waals surface area contributed by atoms with Gasteiger partial charge >= 0.3 is 5.97 Å². The fourth-order valence-electron chi connectivity index (χ4n) is 1.64. The summed E-state index contributed by atoms with van der Waals surface area (Å²) in [6, 6.07) is 7.27. The Kier molecular flexibility index (Phi) is 3.99. The summed E-state index contributed by atoms with van der Waals surface area (Å²) in [5.41, 5.74) is 1.61. The van der Waals surface area contributed by atoms with Crippen LogP contribution in [0.3, 0.4) is 0 Å². The molecule has 0 atom stereocenters. The predicted octanol–water partition coefficient (Wildman–Crippen LogP) is 2.63. The number of hydrogen-bond donors (Lipinski definition) is 0. The lowest BCUT2D eigenvalue weighted by molar-refractivity contribution is -0.142. The summed E-state index contributed by atoms with van der Waals surface area (Å²) in [6.45, 7) is 2.17. The average molecular weight is 265 g/mol. The third-order valence-corrected chi connectivity index (χ3v) is 2.72. The fraction of sp³-hybridized carbons (Fsp3) is 0.231. The van der Waals surface area contributed by atoms with E-state index in [9.17, 15) is 4.79 Å². The van der Waals surface area contributed by atoms with Gasteiger partial charge in [0.05, 0.1) is 23.7 Å². The number of ether oxygens (including phenoxy) is 1. The molecule has 0 unspecified atom stereocenters. The van der Waals surface area contributed by atoms with Crippen molar-refractivity contribution in [2.75, 3.05) is 6.61 Å². The molecule has 0 aliphatic rings. The molecule has 4 nitrogen and oxygen atoms in total. The molecule has 1 heterocycles. The molecule has 1 aromatic heterocycles. The minimum Gasteiger partial charge on any atom is -0.466 e. The molecule has 0 aliphatic heterocycles. The second-order valence-electron chi connectivity index (χ2n) is 3.72. The van der Waals surface area contributed by atoms with E-state index in [1.165, 1.54) is 0 Å². The maximum atomic E-state index is 11.4. The van der Waals surface area contributed by atoms with Crippen molar-refractivity contribution in [3.8, 4) is 5.69 Å². The number of esters is 1. The Bertz CT molecular complexity index is 538. The van der Waals surface area contributed by atoms with Gasteiger partial charge in [-0.3, -0.25) is 4.79 Å². The zero-order valence-electron chi connectivity index (χ0n) is 9.97. The smallest absolute Gasteiger partial charge is 0.310 e. The number of rotatable bonds is 4. The van der Waals surface area contributed by atoms with Gasteiger partial charge in [0.25, 0.3) is 0 Å². The molecule has 0 aliphatic carbocycles. The highest BCUT2D eigenvalue weighted by Crippen LogP contribution is 2.21. The Labute approximate surface area is 110 Å². The van der Waals surface area contributed by atoms with Gasteiger partial charge in [-0.1, -0.05) is 17.7 Å². The summed E-state index contributed by atoms with van der Waals surface area (Å²) >= 11 is 6.17. The van der Waals surface area contributed by atoms with Crippen LogP contribution in [-0.4, -0.2) is 22.4 Å². The lowest BCUT2D eigenvalue weighted by atomic mass is 10.1. The van der Waals surface area contributed by atoms with Crippen molar-refractivity contribution in [1.82, 2.24) is 9.78 Å². The number of benzene rings is 1. The highest BCUT2D eigenvalue weighted by Gasteiger charge is 2.08. The minimum absolute atomic E-state index is 0.229. The van der Waals surface area contributed by atoms with E-state index in [1.807, 2.05) is 24.4 Å². The van der Waals surface area contributed by atoms with Gasteiger partial charge < -0.3 is 4.74 Å². The van der Waals surface area contributed by atoms with Crippen molar-refractivity contribution in [3.05, 3.63) is 47.2 Å². The van der Waals surface area contributed by atoms with Crippen molar-refractivity contribution in [3.63, 3.8) is 0 Å². The molecular weight excluding hydrogens is 252 g/mol. The van der Waals surface area contributed by atoms with Crippen LogP contribution in [0, 0.1) is 0 Å². The Morgan fingerprint density at radius 1 is 1.50 bits per heavy atom. The van der Waals surface area contributed by atoms with E-state index >= 15 is 0 Å². The first kappa shape index (κ1) is 12.6. The fourth-order valence-corrected chi connectivity index (χ4v) is 1.93. The summed E-state index contributed by atoms with van der Waals surface area (Å²) in [7, 11) is 0. The largest absolute Gasteiger partial charge is 0.466 e. The molecule has 0 amide bonds. The molecule has 18 heavy (non-hydrogen) atoms. The van der Waals surface area contributed by atoms with Crippen LogP contribution in [0.4, 0.5) is 0 Å². The van der Waals surface area contributed by atoms with Crippen molar-refractivity contribution < 1.29 is 9.53 Å². The van der Waals surface area contributed by atoms with Gasteiger partial charge in [-0.15, -0.1) is 0 Å². The summed E-state index contributed by atoms with van der Waals surface area (Å²) < 4.78 is 6.57. The van der Waals surface area contributed by atoms with Crippen molar-refractivity contribution >= 4 is 17.6 Å². The second-order valence-corrected chi connectivity index (χ2v) is 4.13. The first-order valence-corrected chi connectivity index (χ1v) is 6.02. The van der Waals surface area contributed by atoms with Crippen LogP contribution in [0.1, 0.15) is 12.5 Å². The lowest BCUT2D eigenvalue weighted by Gasteiger charge is -2.07. The Hall–Kier alpha value is -1.81. The van der Waals surface area contributed by atoms with Crippen LogP contribution in [0.15, 0.2) is 36.7 Å². The molecular formula is C13H13ClN2O2. The zero-order chi connectivity index (χ0) is 13.0. The molecule has 94 valence electrons. The third-order valence-electron chi connectivity index (χ3n) is 2.42. The van der Waals surface area contributed by atoms with Gasteiger partial charge in [-0.2, -0.15) is 5.10 Å². The van der Waals surface area contributed by atoms with Gasteiger partial charge in [0, 0.05) is 12.4 Å². The minimum atomic E-state index is -0.250. The summed E-state index contributed by atoms with van der Waals surface area (Å²) in [5.74, 6) is -0.250. The van der Waals surface area contributed by atoms with Crippen LogP contribution in [0.2, 0.25) is 5.02 Å². The SMILES string of the molecule is CCOC(=O)Cc1ccc(-n2cccn2)c(Cl)c1. The van der Waals surface area contributed by atoms with Gasteiger partial charge in [-0.25, -0.2) is 4.68 Å². The highest BCUT2D eigenvalue weighted by atomic mass is 35.5. The van der Waals surface area contributed by atoms with E-state index in [0.717, 1.165) is 11.3 Å². The maximum Gasteiger partial charge on any atom is 0.310 e. The monoisotopic (exact) mass is 264 g/mol. The van der Waals surface area contributed by atoms with Crippen LogP contribution in [0.25, 0.3) is 5.69 Å². The quantitative estimate of drug-likeness (QED) is 0.798. The number of aromatic nitrogens is 2. The lowest BCUT2D eigenvalue weighted by Crippen LogP contribution is -2.07. The summed E-state index contributed by atoms with van der Waals surface area (Å²) in [6.07, 6.45) is 3.72. The highest BCUT2D eigenvalue weighted by molar-refractivity contribution is 6.32. The van der Waals surface area contributed by atoms with E-state index in [-0.39, 0.29) is 12.4 Å². The van der Waals surface area contributed by atoms with Gasteiger partial charge in [0.1, 0.15) is 0 Å². The topological polar surface area (TPSA) is 44.1 Å². The Morgan fingerprint density at radius 2 is 2.33 bits per heavy atom. The molecule has 0 bridgehead atoms. The van der Waals surface area contributed by atoms with Crippen molar-refractivity contribution in [2.24, 2.45) is 0 Å². The van der Waals surface area contributed by atoms with E-state index in [0.29, 0.717) is 11.6 Å². The van der Waals surface area contributed by atoms with Crippen molar-refractivity contribution in [2.45, 2.75) is 13.3 Å². The van der Waals surface area contributed by atoms with E-state index in [2.05, 4.69) is 5.10 Å². The number of halogens is 1. The van der Waals surface area contributed by atoms with Crippen LogP contribution >= 0.6 is 11.6 Å².